The Morgan fingerprint density at radius 1 is 1.25 bits per heavy atom. The predicted octanol–water partition coefficient (Wildman–Crippen LogP) is 2.52. The molecule has 10 heteroatoms. The van der Waals surface area contributed by atoms with Crippen LogP contribution in [0.3, 0.4) is 0 Å². The molecule has 0 saturated heterocycles. The van der Waals surface area contributed by atoms with E-state index in [-0.39, 0.29) is 40.3 Å². The molecule has 0 spiro atoms. The largest absolute Gasteiger partial charge is 0.383 e. The van der Waals surface area contributed by atoms with E-state index in [4.69, 9.17) is 33.7 Å². The summed E-state index contributed by atoms with van der Waals surface area (Å²) in [6.07, 6.45) is 1.51. The molecule has 2 rings (SSSR count). The summed E-state index contributed by atoms with van der Waals surface area (Å²) in [6, 6.07) is 4.37. The molecule has 0 atom stereocenters. The van der Waals surface area contributed by atoms with E-state index in [0.29, 0.717) is 13.0 Å². The lowest BCUT2D eigenvalue weighted by molar-refractivity contribution is 0.0975. The number of rotatable bonds is 8. The number of carbonyl (C=O) groups excluding carboxylic acids is 1. The molecular weight excluding hydrogens is 407 g/mol. The quantitative estimate of drug-likeness (QED) is 0.670. The number of nitrogens with zero attached hydrogens (tertiary/aromatic N) is 2. The van der Waals surface area contributed by atoms with E-state index in [9.17, 15) is 14.4 Å². The molecule has 0 bridgehead atoms. The van der Waals surface area contributed by atoms with Gasteiger partial charge in [-0.25, -0.2) is 4.79 Å². The zero-order valence-electron chi connectivity index (χ0n) is 15.6. The molecule has 0 saturated carbocycles. The Hall–Kier alpha value is -2.29. The Kier molecular flexibility index (Phi) is 7.68. The summed E-state index contributed by atoms with van der Waals surface area (Å²) in [5, 5.41) is 0.551. The van der Waals surface area contributed by atoms with Crippen LogP contribution in [0.25, 0.3) is 0 Å². The number of unbranched alkanes of at least 4 members (excludes halogenated alkanes) is 1. The fraction of sp³-hybridized carbons (Fsp3) is 0.389. The van der Waals surface area contributed by atoms with Crippen LogP contribution in [0.1, 0.15) is 30.1 Å². The number of H-pyrrole nitrogens is 1. The lowest BCUT2D eigenvalue weighted by Crippen LogP contribution is -2.42. The van der Waals surface area contributed by atoms with Crippen molar-refractivity contribution in [1.82, 2.24) is 9.55 Å². The van der Waals surface area contributed by atoms with Crippen molar-refractivity contribution in [3.63, 3.8) is 0 Å². The van der Waals surface area contributed by atoms with Crippen LogP contribution in [-0.2, 0) is 11.3 Å². The topological polar surface area (TPSA) is 110 Å². The van der Waals surface area contributed by atoms with E-state index < -0.39 is 17.2 Å². The number of nitrogens with two attached hydrogens (primary N) is 1. The van der Waals surface area contributed by atoms with Gasteiger partial charge in [0.2, 0.25) is 0 Å². The first kappa shape index (κ1) is 22.0. The Balaban J connectivity index is 2.60. The number of halogens is 2. The van der Waals surface area contributed by atoms with Crippen LogP contribution in [0, 0.1) is 0 Å². The lowest BCUT2D eigenvalue weighted by Gasteiger charge is -2.24. The van der Waals surface area contributed by atoms with Gasteiger partial charge >= 0.3 is 5.69 Å². The van der Waals surface area contributed by atoms with Gasteiger partial charge in [0.1, 0.15) is 5.82 Å². The molecular formula is C18H22Cl2N4O4. The highest BCUT2D eigenvalue weighted by molar-refractivity contribution is 6.35. The maximum Gasteiger partial charge on any atom is 0.330 e. The minimum Gasteiger partial charge on any atom is -0.383 e. The van der Waals surface area contributed by atoms with E-state index in [0.717, 1.165) is 6.42 Å². The SMILES string of the molecule is CCCCn1c(N)c(N(CCOC)C(=O)c2cc(Cl)cc(Cl)c2)c(=O)[nH]c1=O. The molecule has 0 aliphatic rings. The number of ether oxygens (including phenoxy) is 1. The average molecular weight is 429 g/mol. The van der Waals surface area contributed by atoms with Crippen molar-refractivity contribution < 1.29 is 9.53 Å². The Bertz CT molecular complexity index is 951. The summed E-state index contributed by atoms with van der Waals surface area (Å²) in [5.41, 5.74) is 4.82. The van der Waals surface area contributed by atoms with Crippen molar-refractivity contribution >= 4 is 40.6 Å². The third kappa shape index (κ3) is 4.95. The molecule has 8 nitrogen and oxygen atoms in total. The molecule has 2 aromatic rings. The van der Waals surface area contributed by atoms with Crippen molar-refractivity contribution in [1.29, 1.82) is 0 Å². The molecule has 0 radical (unpaired) electrons. The Morgan fingerprint density at radius 2 is 1.89 bits per heavy atom. The average Bonchev–Trinajstić information content (AvgIpc) is 2.62. The molecule has 28 heavy (non-hydrogen) atoms. The second-order valence-electron chi connectivity index (χ2n) is 6.11. The first-order chi connectivity index (χ1) is 13.3. The van der Waals surface area contributed by atoms with Gasteiger partial charge in [-0.15, -0.1) is 0 Å². The lowest BCUT2D eigenvalue weighted by atomic mass is 10.2. The molecule has 1 heterocycles. The van der Waals surface area contributed by atoms with E-state index in [1.54, 1.807) is 0 Å². The number of amides is 1. The third-order valence-electron chi connectivity index (χ3n) is 4.09. The molecule has 1 aromatic carbocycles. The monoisotopic (exact) mass is 428 g/mol. The minimum absolute atomic E-state index is 0.0404. The highest BCUT2D eigenvalue weighted by Gasteiger charge is 2.25. The van der Waals surface area contributed by atoms with Gasteiger partial charge in [0, 0.05) is 35.8 Å². The summed E-state index contributed by atoms with van der Waals surface area (Å²) in [4.78, 5) is 41.2. The van der Waals surface area contributed by atoms with E-state index in [1.165, 1.54) is 34.8 Å². The van der Waals surface area contributed by atoms with Crippen LogP contribution in [0.15, 0.2) is 27.8 Å². The first-order valence-corrected chi connectivity index (χ1v) is 9.45. The number of nitrogen functional groups attached to an aromatic ring is 1. The molecule has 152 valence electrons. The summed E-state index contributed by atoms with van der Waals surface area (Å²) >= 11 is 12.0. The van der Waals surface area contributed by atoms with Crippen LogP contribution in [0.5, 0.6) is 0 Å². The van der Waals surface area contributed by atoms with Gasteiger partial charge in [-0.05, 0) is 24.6 Å². The first-order valence-electron chi connectivity index (χ1n) is 8.69. The van der Waals surface area contributed by atoms with Gasteiger partial charge < -0.3 is 10.5 Å². The highest BCUT2D eigenvalue weighted by atomic mass is 35.5. The van der Waals surface area contributed by atoms with Crippen LogP contribution < -0.4 is 21.9 Å². The molecule has 0 unspecified atom stereocenters. The Labute approximate surface area is 171 Å². The summed E-state index contributed by atoms with van der Waals surface area (Å²) in [7, 11) is 1.47. The van der Waals surface area contributed by atoms with E-state index in [2.05, 4.69) is 4.98 Å². The number of carbonyl (C=O) groups is 1. The number of aromatic nitrogens is 2. The van der Waals surface area contributed by atoms with Crippen LogP contribution in [-0.4, -0.2) is 35.7 Å². The van der Waals surface area contributed by atoms with E-state index >= 15 is 0 Å². The number of benzene rings is 1. The number of nitrogens with one attached hydrogen (secondary N) is 1. The van der Waals surface area contributed by atoms with Gasteiger partial charge in [0.15, 0.2) is 5.69 Å². The second-order valence-corrected chi connectivity index (χ2v) is 6.98. The number of hydrogen-bond acceptors (Lipinski definition) is 5. The highest BCUT2D eigenvalue weighted by Crippen LogP contribution is 2.24. The van der Waals surface area contributed by atoms with Gasteiger partial charge in [-0.2, -0.15) is 0 Å². The molecule has 1 amide bonds. The van der Waals surface area contributed by atoms with Crippen molar-refractivity contribution in [2.75, 3.05) is 30.9 Å². The van der Waals surface area contributed by atoms with Crippen molar-refractivity contribution in [3.8, 4) is 0 Å². The molecule has 1 aromatic heterocycles. The van der Waals surface area contributed by atoms with Gasteiger partial charge in [-0.1, -0.05) is 36.5 Å². The zero-order valence-corrected chi connectivity index (χ0v) is 17.1. The minimum atomic E-state index is -0.757. The number of aromatic amines is 1. The molecule has 0 aliphatic heterocycles. The van der Waals surface area contributed by atoms with Gasteiger partial charge in [-0.3, -0.25) is 24.0 Å². The standard InChI is InChI=1S/C18H22Cl2N4O4/c1-3-4-5-24-15(21)14(16(25)22-18(24)27)23(6-7-28-2)17(26)11-8-12(19)10-13(20)9-11/h8-10H,3-7,21H2,1-2H3,(H,22,25,27). The fourth-order valence-corrected chi connectivity index (χ4v) is 3.23. The van der Waals surface area contributed by atoms with Crippen molar-refractivity contribution in [3.05, 3.63) is 54.6 Å². The number of anilines is 2. The zero-order chi connectivity index (χ0) is 20.8. The Morgan fingerprint density at radius 3 is 2.46 bits per heavy atom. The van der Waals surface area contributed by atoms with Crippen LogP contribution in [0.2, 0.25) is 10.0 Å². The van der Waals surface area contributed by atoms with Crippen LogP contribution >= 0.6 is 23.2 Å². The predicted molar refractivity (Wildman–Crippen MR) is 111 cm³/mol. The van der Waals surface area contributed by atoms with E-state index in [1.807, 2.05) is 6.92 Å². The fourth-order valence-electron chi connectivity index (χ4n) is 2.71. The summed E-state index contributed by atoms with van der Waals surface area (Å²) < 4.78 is 6.31. The number of hydrogen-bond donors (Lipinski definition) is 2. The van der Waals surface area contributed by atoms with Crippen LogP contribution in [0.4, 0.5) is 11.5 Å². The number of methoxy groups -OCH3 is 1. The summed E-state index contributed by atoms with van der Waals surface area (Å²) in [6.45, 7) is 2.47. The van der Waals surface area contributed by atoms with Gasteiger partial charge in [0.25, 0.3) is 11.5 Å². The maximum atomic E-state index is 13.1. The van der Waals surface area contributed by atoms with Gasteiger partial charge in [0.05, 0.1) is 6.61 Å². The smallest absolute Gasteiger partial charge is 0.330 e. The van der Waals surface area contributed by atoms with Crippen molar-refractivity contribution in [2.24, 2.45) is 0 Å². The normalized spacial score (nSPS) is 10.9. The third-order valence-corrected chi connectivity index (χ3v) is 4.53. The van der Waals surface area contributed by atoms with Crippen molar-refractivity contribution in [2.45, 2.75) is 26.3 Å². The molecule has 0 aliphatic carbocycles. The summed E-state index contributed by atoms with van der Waals surface area (Å²) in [5.74, 6) is -0.626. The molecule has 3 N–H and O–H groups in total. The maximum absolute atomic E-state index is 13.1. The molecule has 0 fully saturated rings. The second kappa shape index (κ2) is 9.77.